The van der Waals surface area contributed by atoms with Gasteiger partial charge in [-0.25, -0.2) is 8.42 Å². The summed E-state index contributed by atoms with van der Waals surface area (Å²) in [4.78, 5) is 0.326. The number of nitrogens with two attached hydrogens (primary N) is 1. The highest BCUT2D eigenvalue weighted by atomic mass is 32.2. The lowest BCUT2D eigenvalue weighted by Gasteiger charge is -2.29. The number of fused-ring (bicyclic) bond motifs is 1. The van der Waals surface area contributed by atoms with Crippen LogP contribution in [0, 0.1) is 18.8 Å². The molecule has 112 valence electrons. The molecule has 0 bridgehead atoms. The first kappa shape index (κ1) is 14.0. The van der Waals surface area contributed by atoms with Crippen molar-refractivity contribution in [3.63, 3.8) is 0 Å². The number of sulfonamides is 1. The number of hydrogen-bond donors (Lipinski definition) is 1. The SMILES string of the molecule is Cc1c(S(=O)(=O)N2CC3CCCC(N)C3C2)cnn1C. The molecule has 1 aliphatic heterocycles. The summed E-state index contributed by atoms with van der Waals surface area (Å²) in [6.45, 7) is 2.95. The van der Waals surface area contributed by atoms with E-state index in [1.807, 2.05) is 0 Å². The zero-order valence-corrected chi connectivity index (χ0v) is 12.8. The van der Waals surface area contributed by atoms with Crippen molar-refractivity contribution in [2.45, 2.75) is 37.1 Å². The van der Waals surface area contributed by atoms with Gasteiger partial charge < -0.3 is 5.73 Å². The number of rotatable bonds is 2. The monoisotopic (exact) mass is 298 g/mol. The van der Waals surface area contributed by atoms with Gasteiger partial charge in [-0.3, -0.25) is 4.68 Å². The van der Waals surface area contributed by atoms with Crippen molar-refractivity contribution in [1.82, 2.24) is 14.1 Å². The molecule has 2 aliphatic rings. The molecular formula is C13H22N4O2S. The van der Waals surface area contributed by atoms with Gasteiger partial charge in [-0.15, -0.1) is 0 Å². The molecule has 6 nitrogen and oxygen atoms in total. The largest absolute Gasteiger partial charge is 0.327 e. The number of hydrogen-bond acceptors (Lipinski definition) is 4. The Bertz CT molecular complexity index is 610. The molecular weight excluding hydrogens is 276 g/mol. The minimum atomic E-state index is -3.44. The maximum atomic E-state index is 12.8. The predicted octanol–water partition coefficient (Wildman–Crippen LogP) is 0.476. The predicted molar refractivity (Wildman–Crippen MR) is 75.5 cm³/mol. The van der Waals surface area contributed by atoms with E-state index in [0.717, 1.165) is 19.3 Å². The van der Waals surface area contributed by atoms with Crippen molar-refractivity contribution in [3.05, 3.63) is 11.9 Å². The van der Waals surface area contributed by atoms with Crippen LogP contribution in [0.2, 0.25) is 0 Å². The van der Waals surface area contributed by atoms with Gasteiger partial charge in [0.2, 0.25) is 10.0 Å². The molecule has 1 aliphatic carbocycles. The summed E-state index contributed by atoms with van der Waals surface area (Å²) < 4.78 is 28.7. The summed E-state index contributed by atoms with van der Waals surface area (Å²) in [5, 5.41) is 4.05. The van der Waals surface area contributed by atoms with E-state index in [-0.39, 0.29) is 6.04 Å². The molecule has 1 aromatic heterocycles. The second-order valence-corrected chi connectivity index (χ2v) is 7.96. The van der Waals surface area contributed by atoms with Crippen molar-refractivity contribution in [1.29, 1.82) is 0 Å². The molecule has 2 heterocycles. The molecule has 2 fully saturated rings. The third-order valence-corrected chi connectivity index (χ3v) is 6.86. The lowest BCUT2D eigenvalue weighted by atomic mass is 9.78. The van der Waals surface area contributed by atoms with E-state index < -0.39 is 10.0 Å². The summed E-state index contributed by atoms with van der Waals surface area (Å²) in [7, 11) is -1.68. The molecule has 0 spiro atoms. The smallest absolute Gasteiger partial charge is 0.246 e. The molecule has 0 amide bonds. The molecule has 2 N–H and O–H groups in total. The van der Waals surface area contributed by atoms with E-state index >= 15 is 0 Å². The van der Waals surface area contributed by atoms with Gasteiger partial charge in [0.1, 0.15) is 4.90 Å². The highest BCUT2D eigenvalue weighted by Crippen LogP contribution is 2.38. The zero-order valence-electron chi connectivity index (χ0n) is 12.0. The Kier molecular flexibility index (Phi) is 3.38. The zero-order chi connectivity index (χ0) is 14.5. The van der Waals surface area contributed by atoms with Gasteiger partial charge in [0.25, 0.3) is 0 Å². The quantitative estimate of drug-likeness (QED) is 0.861. The van der Waals surface area contributed by atoms with Crippen LogP contribution in [0.1, 0.15) is 25.0 Å². The minimum Gasteiger partial charge on any atom is -0.327 e. The maximum Gasteiger partial charge on any atom is 0.246 e. The average Bonchev–Trinajstić information content (AvgIpc) is 2.96. The summed E-state index contributed by atoms with van der Waals surface area (Å²) >= 11 is 0. The lowest BCUT2D eigenvalue weighted by Crippen LogP contribution is -2.38. The lowest BCUT2D eigenvalue weighted by molar-refractivity contribution is 0.260. The van der Waals surface area contributed by atoms with Crippen LogP contribution in [-0.2, 0) is 17.1 Å². The van der Waals surface area contributed by atoms with Gasteiger partial charge >= 0.3 is 0 Å². The van der Waals surface area contributed by atoms with Gasteiger partial charge in [0.15, 0.2) is 0 Å². The van der Waals surface area contributed by atoms with E-state index in [1.165, 1.54) is 6.20 Å². The van der Waals surface area contributed by atoms with Crippen LogP contribution >= 0.6 is 0 Å². The average molecular weight is 298 g/mol. The molecule has 20 heavy (non-hydrogen) atoms. The molecule has 1 saturated carbocycles. The molecule has 0 radical (unpaired) electrons. The van der Waals surface area contributed by atoms with E-state index in [2.05, 4.69) is 5.10 Å². The fourth-order valence-electron chi connectivity index (χ4n) is 3.54. The first-order chi connectivity index (χ1) is 9.41. The fourth-order valence-corrected chi connectivity index (χ4v) is 5.26. The van der Waals surface area contributed by atoms with Gasteiger partial charge in [0.05, 0.1) is 11.9 Å². The summed E-state index contributed by atoms with van der Waals surface area (Å²) in [5.41, 5.74) is 6.84. The molecule has 7 heteroatoms. The third-order valence-electron chi connectivity index (χ3n) is 4.93. The van der Waals surface area contributed by atoms with E-state index in [1.54, 1.807) is 23.0 Å². The Morgan fingerprint density at radius 3 is 2.70 bits per heavy atom. The van der Waals surface area contributed by atoms with E-state index in [0.29, 0.717) is 35.5 Å². The standard InChI is InChI=1S/C13H22N4O2S/c1-9-13(6-15-16(9)2)20(18,19)17-7-10-4-3-5-12(14)11(10)8-17/h6,10-12H,3-5,7-8,14H2,1-2H3. The molecule has 3 atom stereocenters. The Balaban J connectivity index is 1.88. The van der Waals surface area contributed by atoms with E-state index in [4.69, 9.17) is 5.73 Å². The van der Waals surface area contributed by atoms with Crippen LogP contribution in [-0.4, -0.2) is 41.6 Å². The van der Waals surface area contributed by atoms with E-state index in [9.17, 15) is 8.42 Å². The van der Waals surface area contributed by atoms with Crippen LogP contribution < -0.4 is 5.73 Å². The van der Waals surface area contributed by atoms with Crippen LogP contribution in [0.4, 0.5) is 0 Å². The molecule has 1 saturated heterocycles. The third kappa shape index (κ3) is 2.08. The van der Waals surface area contributed by atoms with Crippen LogP contribution in [0.3, 0.4) is 0 Å². The first-order valence-electron chi connectivity index (χ1n) is 7.15. The van der Waals surface area contributed by atoms with Crippen molar-refractivity contribution in [3.8, 4) is 0 Å². The van der Waals surface area contributed by atoms with Crippen LogP contribution in [0.25, 0.3) is 0 Å². The van der Waals surface area contributed by atoms with Gasteiger partial charge in [-0.2, -0.15) is 9.40 Å². The number of aromatic nitrogens is 2. The minimum absolute atomic E-state index is 0.143. The van der Waals surface area contributed by atoms with Crippen LogP contribution in [0.15, 0.2) is 11.1 Å². The maximum absolute atomic E-state index is 12.8. The van der Waals surface area contributed by atoms with Crippen molar-refractivity contribution < 1.29 is 8.42 Å². The van der Waals surface area contributed by atoms with Crippen molar-refractivity contribution in [2.24, 2.45) is 24.6 Å². The summed E-state index contributed by atoms with van der Waals surface area (Å²) in [6.07, 6.45) is 4.67. The molecule has 3 unspecified atom stereocenters. The Morgan fingerprint density at radius 1 is 1.35 bits per heavy atom. The molecule has 0 aromatic carbocycles. The fraction of sp³-hybridized carbons (Fsp3) is 0.769. The Hall–Kier alpha value is -0.920. The summed E-state index contributed by atoms with van der Waals surface area (Å²) in [6, 6.07) is 0.143. The second kappa shape index (κ2) is 4.82. The van der Waals surface area contributed by atoms with Crippen molar-refractivity contribution in [2.75, 3.05) is 13.1 Å². The topological polar surface area (TPSA) is 81.2 Å². The normalized spacial score (nSPS) is 31.4. The molecule has 1 aromatic rings. The summed E-state index contributed by atoms with van der Waals surface area (Å²) in [5.74, 6) is 0.737. The highest BCUT2D eigenvalue weighted by molar-refractivity contribution is 7.89. The van der Waals surface area contributed by atoms with Gasteiger partial charge in [0, 0.05) is 26.2 Å². The molecule has 3 rings (SSSR count). The number of nitrogens with zero attached hydrogens (tertiary/aromatic N) is 3. The van der Waals surface area contributed by atoms with Gasteiger partial charge in [-0.05, 0) is 31.6 Å². The number of aryl methyl sites for hydroxylation is 1. The van der Waals surface area contributed by atoms with Gasteiger partial charge in [-0.1, -0.05) is 6.42 Å². The highest BCUT2D eigenvalue weighted by Gasteiger charge is 2.43. The van der Waals surface area contributed by atoms with Crippen LogP contribution in [0.5, 0.6) is 0 Å². The Labute approximate surface area is 120 Å². The van der Waals surface area contributed by atoms with Crippen molar-refractivity contribution >= 4 is 10.0 Å². The Morgan fingerprint density at radius 2 is 2.10 bits per heavy atom. The first-order valence-corrected chi connectivity index (χ1v) is 8.59. The second-order valence-electron chi connectivity index (χ2n) is 6.06.